The number of benzene rings is 1. The van der Waals surface area contributed by atoms with E-state index >= 15 is 0 Å². The molecule has 1 aromatic carbocycles. The third kappa shape index (κ3) is 9.21. The number of hydrogen-bond donors (Lipinski definition) is 1. The highest BCUT2D eigenvalue weighted by Gasteiger charge is 2.22. The van der Waals surface area contributed by atoms with E-state index in [1.807, 2.05) is 0 Å². The molecule has 0 fully saturated rings. The Bertz CT molecular complexity index is 847. The molecule has 0 saturated carbocycles. The molecule has 1 aromatic rings. The molecule has 0 saturated heterocycles. The number of nitrogens with one attached hydrogen (secondary N) is 1. The lowest BCUT2D eigenvalue weighted by molar-refractivity contribution is 0.312. The molecule has 170 valence electrons. The molecule has 1 aliphatic heterocycles. The zero-order valence-electron chi connectivity index (χ0n) is 20.9. The first-order chi connectivity index (χ1) is 14.7. The van der Waals surface area contributed by atoms with Crippen LogP contribution in [-0.2, 0) is 0 Å². The average Bonchev–Trinajstić information content (AvgIpc) is 2.67. The molecule has 0 unspecified atom stereocenters. The first kappa shape index (κ1) is 25.0. The maximum atomic E-state index is 6.02. The Balaban J connectivity index is 1.69. The van der Waals surface area contributed by atoms with Crippen molar-refractivity contribution in [2.75, 3.05) is 11.9 Å². The summed E-state index contributed by atoms with van der Waals surface area (Å²) in [5.74, 6) is 0.961. The minimum Gasteiger partial charge on any atom is -0.494 e. The molecule has 0 aliphatic carbocycles. The van der Waals surface area contributed by atoms with Crippen LogP contribution in [0.3, 0.4) is 0 Å². The summed E-state index contributed by atoms with van der Waals surface area (Å²) in [5.41, 5.74) is 8.15. The third-order valence-electron chi connectivity index (χ3n) is 5.68. The van der Waals surface area contributed by atoms with Crippen molar-refractivity contribution in [3.8, 4) is 5.75 Å². The number of fused-ring (bicyclic) bond motifs is 1. The Hall–Kier alpha value is -2.22. The fourth-order valence-corrected chi connectivity index (χ4v) is 4.01. The van der Waals surface area contributed by atoms with Gasteiger partial charge in [0.25, 0.3) is 0 Å². The topological polar surface area (TPSA) is 21.3 Å². The van der Waals surface area contributed by atoms with E-state index in [9.17, 15) is 0 Å². The van der Waals surface area contributed by atoms with Gasteiger partial charge in [0.05, 0.1) is 12.1 Å². The van der Waals surface area contributed by atoms with Crippen LogP contribution in [0.5, 0.6) is 5.75 Å². The minimum atomic E-state index is 0.00363. The number of unbranched alkanes of at least 4 members (excludes halogenated alkanes) is 1. The molecule has 0 bridgehead atoms. The summed E-state index contributed by atoms with van der Waals surface area (Å²) >= 11 is 0. The van der Waals surface area contributed by atoms with Gasteiger partial charge in [-0.05, 0) is 111 Å². The molecule has 2 heteroatoms. The summed E-state index contributed by atoms with van der Waals surface area (Å²) in [6.07, 6.45) is 16.2. The van der Waals surface area contributed by atoms with Crippen molar-refractivity contribution >= 4 is 11.3 Å². The minimum absolute atomic E-state index is 0.00363. The smallest absolute Gasteiger partial charge is 0.120 e. The van der Waals surface area contributed by atoms with Gasteiger partial charge >= 0.3 is 0 Å². The first-order valence-electron chi connectivity index (χ1n) is 11.9. The molecule has 31 heavy (non-hydrogen) atoms. The average molecular weight is 422 g/mol. The first-order valence-corrected chi connectivity index (χ1v) is 11.9. The van der Waals surface area contributed by atoms with Gasteiger partial charge in [0.2, 0.25) is 0 Å². The summed E-state index contributed by atoms with van der Waals surface area (Å²) < 4.78 is 6.02. The van der Waals surface area contributed by atoms with Crippen molar-refractivity contribution in [3.05, 3.63) is 64.8 Å². The second-order valence-corrected chi connectivity index (χ2v) is 9.83. The number of allylic oxidation sites excluding steroid dienone is 7. The van der Waals surface area contributed by atoms with Crippen LogP contribution in [0.4, 0.5) is 5.69 Å². The summed E-state index contributed by atoms with van der Waals surface area (Å²) in [7, 11) is 0. The normalized spacial score (nSPS) is 15.6. The molecule has 0 atom stereocenters. The molecule has 0 amide bonds. The van der Waals surface area contributed by atoms with E-state index in [-0.39, 0.29) is 5.54 Å². The number of rotatable bonds is 11. The van der Waals surface area contributed by atoms with Gasteiger partial charge < -0.3 is 10.1 Å². The van der Waals surface area contributed by atoms with Gasteiger partial charge in [-0.1, -0.05) is 41.0 Å². The number of anilines is 1. The van der Waals surface area contributed by atoms with E-state index in [4.69, 9.17) is 4.74 Å². The van der Waals surface area contributed by atoms with Crippen LogP contribution >= 0.6 is 0 Å². The van der Waals surface area contributed by atoms with Gasteiger partial charge in [-0.15, -0.1) is 0 Å². The molecule has 0 radical (unpaired) electrons. The zero-order chi connectivity index (χ0) is 22.9. The van der Waals surface area contributed by atoms with E-state index in [1.165, 1.54) is 40.0 Å². The van der Waals surface area contributed by atoms with Crippen LogP contribution in [0.15, 0.2) is 59.2 Å². The molecular weight excluding hydrogens is 378 g/mol. The SMILES string of the molecule is CC(C)=CCCC(C)=CCCC(C)=CCCCOc1ccc2c(c1)C(C)=CC(C)(C)N2. The third-order valence-corrected chi connectivity index (χ3v) is 5.68. The van der Waals surface area contributed by atoms with Crippen LogP contribution in [0, 0.1) is 0 Å². The van der Waals surface area contributed by atoms with E-state index in [2.05, 4.69) is 96.3 Å². The molecule has 2 rings (SSSR count). The maximum absolute atomic E-state index is 6.02. The van der Waals surface area contributed by atoms with Crippen molar-refractivity contribution in [2.45, 2.75) is 92.5 Å². The van der Waals surface area contributed by atoms with Crippen LogP contribution in [0.2, 0.25) is 0 Å². The van der Waals surface area contributed by atoms with E-state index in [1.54, 1.807) is 0 Å². The summed E-state index contributed by atoms with van der Waals surface area (Å²) in [5, 5.41) is 3.57. The number of hydrogen-bond acceptors (Lipinski definition) is 2. The van der Waals surface area contributed by atoms with Crippen LogP contribution in [-0.4, -0.2) is 12.1 Å². The fraction of sp³-hybridized carbons (Fsp3) is 0.517. The Kier molecular flexibility index (Phi) is 9.68. The van der Waals surface area contributed by atoms with Crippen molar-refractivity contribution < 1.29 is 4.74 Å². The Morgan fingerprint density at radius 3 is 2.26 bits per heavy atom. The largest absolute Gasteiger partial charge is 0.494 e. The van der Waals surface area contributed by atoms with Crippen LogP contribution < -0.4 is 10.1 Å². The van der Waals surface area contributed by atoms with Gasteiger partial charge in [-0.3, -0.25) is 0 Å². The number of ether oxygens (including phenoxy) is 1. The maximum Gasteiger partial charge on any atom is 0.120 e. The lowest BCUT2D eigenvalue weighted by Crippen LogP contribution is -2.31. The van der Waals surface area contributed by atoms with Gasteiger partial charge in [0, 0.05) is 11.3 Å². The highest BCUT2D eigenvalue weighted by molar-refractivity contribution is 5.80. The zero-order valence-corrected chi connectivity index (χ0v) is 20.9. The van der Waals surface area contributed by atoms with Gasteiger partial charge in [0.1, 0.15) is 5.75 Å². The van der Waals surface area contributed by atoms with Crippen LogP contribution in [0.1, 0.15) is 92.6 Å². The highest BCUT2D eigenvalue weighted by atomic mass is 16.5. The Morgan fingerprint density at radius 1 is 0.935 bits per heavy atom. The van der Waals surface area contributed by atoms with Crippen LogP contribution in [0.25, 0.3) is 5.57 Å². The molecular formula is C29H43NO. The molecule has 1 heterocycles. The van der Waals surface area contributed by atoms with Gasteiger partial charge in [0.15, 0.2) is 0 Å². The monoisotopic (exact) mass is 421 g/mol. The lowest BCUT2D eigenvalue weighted by Gasteiger charge is -2.31. The fourth-order valence-electron chi connectivity index (χ4n) is 4.01. The summed E-state index contributed by atoms with van der Waals surface area (Å²) in [6.45, 7) is 16.2. The molecule has 2 nitrogen and oxygen atoms in total. The molecule has 0 spiro atoms. The van der Waals surface area contributed by atoms with E-state index < -0.39 is 0 Å². The lowest BCUT2D eigenvalue weighted by atomic mass is 9.91. The van der Waals surface area contributed by atoms with Crippen molar-refractivity contribution in [1.29, 1.82) is 0 Å². The van der Waals surface area contributed by atoms with Crippen molar-refractivity contribution in [2.24, 2.45) is 0 Å². The quantitative estimate of drug-likeness (QED) is 0.284. The van der Waals surface area contributed by atoms with Gasteiger partial charge in [-0.25, -0.2) is 0 Å². The second kappa shape index (κ2) is 12.0. The predicted octanol–water partition coefficient (Wildman–Crippen LogP) is 8.87. The Labute approximate surface area is 191 Å². The summed E-state index contributed by atoms with van der Waals surface area (Å²) in [4.78, 5) is 0. The van der Waals surface area contributed by atoms with Crippen molar-refractivity contribution in [3.63, 3.8) is 0 Å². The predicted molar refractivity (Wildman–Crippen MR) is 138 cm³/mol. The Morgan fingerprint density at radius 2 is 1.58 bits per heavy atom. The standard InChI is InChI=1S/C29H43NO/c1-22(2)12-10-14-24(4)16-11-15-23(3)13-8-9-19-31-26-17-18-28-27(20-26)25(5)21-29(6,7)30-28/h12-13,16-18,20-21,30H,8-11,14-15,19H2,1-7H3. The molecule has 1 N–H and O–H groups in total. The summed E-state index contributed by atoms with van der Waals surface area (Å²) in [6, 6.07) is 6.38. The second-order valence-electron chi connectivity index (χ2n) is 9.83. The van der Waals surface area contributed by atoms with Crippen molar-refractivity contribution in [1.82, 2.24) is 0 Å². The molecule has 1 aliphatic rings. The molecule has 0 aromatic heterocycles. The van der Waals surface area contributed by atoms with Gasteiger partial charge in [-0.2, -0.15) is 0 Å². The van der Waals surface area contributed by atoms with E-state index in [0.29, 0.717) is 0 Å². The van der Waals surface area contributed by atoms with E-state index in [0.717, 1.165) is 44.5 Å². The highest BCUT2D eigenvalue weighted by Crippen LogP contribution is 2.35.